The highest BCUT2D eigenvalue weighted by molar-refractivity contribution is 9.11. The van der Waals surface area contributed by atoms with Gasteiger partial charge in [-0.2, -0.15) is 0 Å². The van der Waals surface area contributed by atoms with E-state index in [2.05, 4.69) is 49.1 Å². The number of benzene rings is 1. The highest BCUT2D eigenvalue weighted by Crippen LogP contribution is 2.32. The molecule has 0 spiro atoms. The molecule has 0 atom stereocenters. The van der Waals surface area contributed by atoms with E-state index in [9.17, 15) is 4.79 Å². The Balaban J connectivity index is 2.10. The second kappa shape index (κ2) is 7.61. The summed E-state index contributed by atoms with van der Waals surface area (Å²) < 4.78 is 6.58. The van der Waals surface area contributed by atoms with Crippen molar-refractivity contribution in [1.29, 1.82) is 0 Å². The summed E-state index contributed by atoms with van der Waals surface area (Å²) >= 11 is 6.93. The third kappa shape index (κ3) is 4.44. The number of ether oxygens (including phenoxy) is 1. The molecule has 116 valence electrons. The fourth-order valence-corrected chi connectivity index (χ4v) is 3.90. The molecule has 1 aromatic rings. The number of carbonyl (C=O) groups excluding carboxylic acids is 1. The number of anilines is 1. The fraction of sp³-hybridized carbons (Fsp3) is 0.533. The molecule has 2 rings (SSSR count). The topological polar surface area (TPSA) is 41.6 Å². The molecule has 4 nitrogen and oxygen atoms in total. The minimum absolute atomic E-state index is 0.331. The Hall–Kier alpha value is -0.590. The number of rotatable bonds is 4. The molecule has 21 heavy (non-hydrogen) atoms. The summed E-state index contributed by atoms with van der Waals surface area (Å²) in [6, 6.07) is 3.72. The SMILES string of the molecule is COC(=O)c1cc(Br)cc(Br)c1NCC1CCN(C)CC1. The van der Waals surface area contributed by atoms with E-state index in [1.807, 2.05) is 6.07 Å². The first-order valence-electron chi connectivity index (χ1n) is 7.01. The molecule has 1 heterocycles. The Morgan fingerprint density at radius 3 is 2.67 bits per heavy atom. The molecule has 1 fully saturated rings. The van der Waals surface area contributed by atoms with Crippen molar-refractivity contribution < 1.29 is 9.53 Å². The lowest BCUT2D eigenvalue weighted by molar-refractivity contribution is 0.0601. The molecule has 1 aromatic carbocycles. The molecule has 0 unspecified atom stereocenters. The maximum Gasteiger partial charge on any atom is 0.340 e. The van der Waals surface area contributed by atoms with Gasteiger partial charge in [-0.3, -0.25) is 0 Å². The standard InChI is InChI=1S/C15H20Br2N2O2/c1-19-5-3-10(4-6-19)9-18-14-12(15(20)21-2)7-11(16)8-13(14)17/h7-8,10,18H,3-6,9H2,1-2H3. The largest absolute Gasteiger partial charge is 0.465 e. The van der Waals surface area contributed by atoms with Crippen LogP contribution in [0.4, 0.5) is 5.69 Å². The molecule has 6 heteroatoms. The van der Waals surface area contributed by atoms with Crippen molar-refractivity contribution in [2.45, 2.75) is 12.8 Å². The lowest BCUT2D eigenvalue weighted by Crippen LogP contribution is -2.33. The molecular formula is C15H20Br2N2O2. The molecule has 0 aliphatic carbocycles. The average molecular weight is 420 g/mol. The van der Waals surface area contributed by atoms with Gasteiger partial charge in [0.2, 0.25) is 0 Å². The molecule has 1 aliphatic rings. The minimum atomic E-state index is -0.331. The Labute approximate surface area is 142 Å². The minimum Gasteiger partial charge on any atom is -0.465 e. The number of methoxy groups -OCH3 is 1. The predicted octanol–water partition coefficient (Wildman–Crippen LogP) is 3.75. The highest BCUT2D eigenvalue weighted by Gasteiger charge is 2.20. The van der Waals surface area contributed by atoms with Crippen LogP contribution in [0.3, 0.4) is 0 Å². The van der Waals surface area contributed by atoms with Gasteiger partial charge < -0.3 is 15.0 Å². The summed E-state index contributed by atoms with van der Waals surface area (Å²) in [7, 11) is 3.56. The number of halogens is 2. The molecule has 0 amide bonds. The maximum atomic E-state index is 11.9. The fourth-order valence-electron chi connectivity index (χ4n) is 2.54. The summed E-state index contributed by atoms with van der Waals surface area (Å²) in [6.45, 7) is 3.15. The van der Waals surface area contributed by atoms with Gasteiger partial charge in [0.25, 0.3) is 0 Å². The molecule has 1 saturated heterocycles. The van der Waals surface area contributed by atoms with Crippen molar-refractivity contribution in [2.75, 3.05) is 39.1 Å². The first-order chi connectivity index (χ1) is 10.0. The van der Waals surface area contributed by atoms with Crippen LogP contribution in [-0.4, -0.2) is 44.7 Å². The van der Waals surface area contributed by atoms with E-state index in [4.69, 9.17) is 4.74 Å². The van der Waals surface area contributed by atoms with Crippen molar-refractivity contribution in [2.24, 2.45) is 5.92 Å². The van der Waals surface area contributed by atoms with Crippen LogP contribution in [0.5, 0.6) is 0 Å². The van der Waals surface area contributed by atoms with Gasteiger partial charge in [0.15, 0.2) is 0 Å². The molecule has 1 N–H and O–H groups in total. The van der Waals surface area contributed by atoms with E-state index in [-0.39, 0.29) is 5.97 Å². The van der Waals surface area contributed by atoms with Gasteiger partial charge in [0.1, 0.15) is 0 Å². The zero-order valence-corrected chi connectivity index (χ0v) is 15.5. The summed E-state index contributed by atoms with van der Waals surface area (Å²) in [6.07, 6.45) is 2.37. The number of likely N-dealkylation sites (tertiary alicyclic amines) is 1. The smallest absolute Gasteiger partial charge is 0.340 e. The number of piperidine rings is 1. The van der Waals surface area contributed by atoms with Gasteiger partial charge in [-0.05, 0) is 67.0 Å². The molecule has 1 aliphatic heterocycles. The van der Waals surface area contributed by atoms with Crippen molar-refractivity contribution in [3.63, 3.8) is 0 Å². The van der Waals surface area contributed by atoms with E-state index in [0.29, 0.717) is 11.5 Å². The number of hydrogen-bond acceptors (Lipinski definition) is 4. The van der Waals surface area contributed by atoms with Gasteiger partial charge >= 0.3 is 5.97 Å². The van der Waals surface area contributed by atoms with Crippen molar-refractivity contribution in [1.82, 2.24) is 4.90 Å². The van der Waals surface area contributed by atoms with E-state index < -0.39 is 0 Å². The first-order valence-corrected chi connectivity index (χ1v) is 8.59. The van der Waals surface area contributed by atoms with E-state index in [1.165, 1.54) is 20.0 Å². The summed E-state index contributed by atoms with van der Waals surface area (Å²) in [5, 5.41) is 3.42. The predicted molar refractivity (Wildman–Crippen MR) is 91.9 cm³/mol. The van der Waals surface area contributed by atoms with Crippen LogP contribution in [0.15, 0.2) is 21.1 Å². The van der Waals surface area contributed by atoms with Crippen LogP contribution >= 0.6 is 31.9 Å². The van der Waals surface area contributed by atoms with Crippen LogP contribution in [-0.2, 0) is 4.74 Å². The summed E-state index contributed by atoms with van der Waals surface area (Å²) in [5.74, 6) is 0.310. The van der Waals surface area contributed by atoms with Gasteiger partial charge in [0.05, 0.1) is 18.4 Å². The third-order valence-corrected chi connectivity index (χ3v) is 4.95. The molecule has 0 radical (unpaired) electrons. The van der Waals surface area contributed by atoms with Crippen LogP contribution in [0.2, 0.25) is 0 Å². The van der Waals surface area contributed by atoms with Crippen LogP contribution in [0, 0.1) is 5.92 Å². The van der Waals surface area contributed by atoms with Gasteiger partial charge in [-0.1, -0.05) is 15.9 Å². The lowest BCUT2D eigenvalue weighted by atomic mass is 9.97. The number of hydrogen-bond donors (Lipinski definition) is 1. The van der Waals surface area contributed by atoms with Crippen LogP contribution < -0.4 is 5.32 Å². The zero-order valence-electron chi connectivity index (χ0n) is 12.3. The summed E-state index contributed by atoms with van der Waals surface area (Å²) in [5.41, 5.74) is 1.36. The average Bonchev–Trinajstić information content (AvgIpc) is 2.46. The monoisotopic (exact) mass is 418 g/mol. The second-order valence-electron chi connectivity index (χ2n) is 5.43. The number of esters is 1. The van der Waals surface area contributed by atoms with E-state index in [0.717, 1.165) is 34.3 Å². The van der Waals surface area contributed by atoms with Gasteiger partial charge in [0, 0.05) is 15.5 Å². The second-order valence-corrected chi connectivity index (χ2v) is 7.20. The number of nitrogens with zero attached hydrogens (tertiary/aromatic N) is 1. The van der Waals surface area contributed by atoms with E-state index >= 15 is 0 Å². The Bertz CT molecular complexity index is 515. The van der Waals surface area contributed by atoms with Crippen molar-refractivity contribution in [3.05, 3.63) is 26.6 Å². The van der Waals surface area contributed by atoms with Gasteiger partial charge in [-0.15, -0.1) is 0 Å². The Kier molecular flexibility index (Phi) is 6.08. The normalized spacial score (nSPS) is 16.8. The molecule has 0 aromatic heterocycles. The Morgan fingerprint density at radius 2 is 2.05 bits per heavy atom. The molecular weight excluding hydrogens is 400 g/mol. The van der Waals surface area contributed by atoms with E-state index in [1.54, 1.807) is 6.07 Å². The highest BCUT2D eigenvalue weighted by atomic mass is 79.9. The molecule has 0 bridgehead atoms. The lowest BCUT2D eigenvalue weighted by Gasteiger charge is -2.29. The Morgan fingerprint density at radius 1 is 1.38 bits per heavy atom. The quantitative estimate of drug-likeness (QED) is 0.754. The maximum absolute atomic E-state index is 11.9. The van der Waals surface area contributed by atoms with Gasteiger partial charge in [-0.25, -0.2) is 4.79 Å². The zero-order chi connectivity index (χ0) is 15.4. The van der Waals surface area contributed by atoms with Crippen LogP contribution in [0.25, 0.3) is 0 Å². The number of nitrogens with one attached hydrogen (secondary N) is 1. The first kappa shape index (κ1) is 16.8. The molecule has 0 saturated carbocycles. The van der Waals surface area contributed by atoms with Crippen molar-refractivity contribution >= 4 is 43.5 Å². The van der Waals surface area contributed by atoms with Crippen molar-refractivity contribution in [3.8, 4) is 0 Å². The third-order valence-electron chi connectivity index (χ3n) is 3.87. The van der Waals surface area contributed by atoms with Crippen LogP contribution in [0.1, 0.15) is 23.2 Å². The summed E-state index contributed by atoms with van der Waals surface area (Å²) in [4.78, 5) is 14.3. The number of carbonyl (C=O) groups is 1.